The van der Waals surface area contributed by atoms with E-state index in [0.29, 0.717) is 16.4 Å². The van der Waals surface area contributed by atoms with E-state index in [1.807, 2.05) is 24.3 Å². The first kappa shape index (κ1) is 11.7. The van der Waals surface area contributed by atoms with Gasteiger partial charge >= 0.3 is 0 Å². The lowest BCUT2D eigenvalue weighted by Gasteiger charge is -2.01. The van der Waals surface area contributed by atoms with E-state index in [4.69, 9.17) is 5.73 Å². The molecule has 3 aromatic rings. The zero-order valence-electron chi connectivity index (χ0n) is 9.96. The molecule has 3 N–H and O–H groups in total. The molecule has 0 radical (unpaired) electrons. The number of benzene rings is 2. The summed E-state index contributed by atoms with van der Waals surface area (Å²) in [5.41, 5.74) is 7.68. The van der Waals surface area contributed by atoms with Gasteiger partial charge in [-0.3, -0.25) is 10.1 Å². The number of fused-ring (bicyclic) bond motifs is 1. The third-order valence-electron chi connectivity index (χ3n) is 2.69. The molecule has 1 aromatic heterocycles. The number of carbonyl (C=O) groups excluding carboxylic acids is 1. The summed E-state index contributed by atoms with van der Waals surface area (Å²) in [5, 5.41) is 3.39. The number of amides is 1. The first-order valence-corrected chi connectivity index (χ1v) is 6.56. The third kappa shape index (κ3) is 2.41. The molecule has 0 aliphatic heterocycles. The molecule has 0 spiro atoms. The van der Waals surface area contributed by atoms with Gasteiger partial charge in [0.05, 0.1) is 10.2 Å². The Hall–Kier alpha value is -2.40. The average Bonchev–Trinajstić information content (AvgIpc) is 2.81. The number of hydrogen-bond acceptors (Lipinski definition) is 4. The van der Waals surface area contributed by atoms with Crippen LogP contribution in [0.4, 0.5) is 10.8 Å². The molecule has 94 valence electrons. The fraction of sp³-hybridized carbons (Fsp3) is 0. The van der Waals surface area contributed by atoms with E-state index in [1.165, 1.54) is 11.3 Å². The van der Waals surface area contributed by atoms with E-state index in [2.05, 4.69) is 10.3 Å². The summed E-state index contributed by atoms with van der Waals surface area (Å²) in [4.78, 5) is 16.4. The van der Waals surface area contributed by atoms with Crippen molar-refractivity contribution in [2.75, 3.05) is 11.1 Å². The number of aromatic nitrogens is 1. The summed E-state index contributed by atoms with van der Waals surface area (Å²) in [7, 11) is 0. The fourth-order valence-corrected chi connectivity index (χ4v) is 2.59. The molecule has 1 amide bonds. The van der Waals surface area contributed by atoms with E-state index in [0.717, 1.165) is 10.2 Å². The number of rotatable bonds is 2. The number of anilines is 2. The van der Waals surface area contributed by atoms with Crippen molar-refractivity contribution in [2.45, 2.75) is 0 Å². The summed E-state index contributed by atoms with van der Waals surface area (Å²) in [5.74, 6) is -0.181. The molecule has 0 fully saturated rings. The molecule has 1 heterocycles. The molecule has 19 heavy (non-hydrogen) atoms. The lowest BCUT2D eigenvalue weighted by molar-refractivity contribution is 0.102. The highest BCUT2D eigenvalue weighted by Crippen LogP contribution is 2.25. The van der Waals surface area contributed by atoms with Gasteiger partial charge in [0, 0.05) is 11.3 Å². The normalized spacial score (nSPS) is 10.5. The van der Waals surface area contributed by atoms with Crippen molar-refractivity contribution in [3.8, 4) is 0 Å². The minimum Gasteiger partial charge on any atom is -0.399 e. The van der Waals surface area contributed by atoms with Gasteiger partial charge in [-0.15, -0.1) is 0 Å². The molecule has 4 nitrogen and oxygen atoms in total. The summed E-state index contributed by atoms with van der Waals surface area (Å²) in [6.45, 7) is 0. The molecule has 0 saturated heterocycles. The van der Waals surface area contributed by atoms with Gasteiger partial charge in [0.25, 0.3) is 5.91 Å². The van der Waals surface area contributed by atoms with Crippen molar-refractivity contribution in [3.05, 3.63) is 54.1 Å². The average molecular weight is 269 g/mol. The molecule has 0 aliphatic carbocycles. The minimum absolute atomic E-state index is 0.181. The number of hydrogen-bond donors (Lipinski definition) is 2. The molecule has 0 bridgehead atoms. The van der Waals surface area contributed by atoms with Crippen molar-refractivity contribution in [3.63, 3.8) is 0 Å². The molecular weight excluding hydrogens is 258 g/mol. The van der Waals surface area contributed by atoms with Gasteiger partial charge in [0.1, 0.15) is 0 Å². The Balaban J connectivity index is 1.84. The summed E-state index contributed by atoms with van der Waals surface area (Å²) < 4.78 is 1.05. The largest absolute Gasteiger partial charge is 0.399 e. The van der Waals surface area contributed by atoms with Crippen molar-refractivity contribution >= 4 is 38.3 Å². The molecule has 3 rings (SSSR count). The van der Waals surface area contributed by atoms with E-state index < -0.39 is 0 Å². The van der Waals surface area contributed by atoms with Crippen molar-refractivity contribution < 1.29 is 4.79 Å². The van der Waals surface area contributed by atoms with E-state index in [-0.39, 0.29) is 5.91 Å². The molecule has 2 aromatic carbocycles. The van der Waals surface area contributed by atoms with Gasteiger partial charge in [0.15, 0.2) is 5.13 Å². The van der Waals surface area contributed by atoms with Crippen molar-refractivity contribution in [1.29, 1.82) is 0 Å². The van der Waals surface area contributed by atoms with Gasteiger partial charge < -0.3 is 5.73 Å². The smallest absolute Gasteiger partial charge is 0.257 e. The van der Waals surface area contributed by atoms with Crippen LogP contribution in [0.3, 0.4) is 0 Å². The molecule has 0 unspecified atom stereocenters. The molecule has 5 heteroatoms. The second kappa shape index (κ2) is 4.70. The van der Waals surface area contributed by atoms with Gasteiger partial charge in [-0.25, -0.2) is 4.98 Å². The summed E-state index contributed by atoms with van der Waals surface area (Å²) in [6, 6.07) is 14.6. The lowest BCUT2D eigenvalue weighted by atomic mass is 10.2. The summed E-state index contributed by atoms with van der Waals surface area (Å²) in [6.07, 6.45) is 0. The maximum atomic E-state index is 12.0. The van der Waals surface area contributed by atoms with Gasteiger partial charge in [-0.2, -0.15) is 0 Å². The van der Waals surface area contributed by atoms with Crippen LogP contribution in [-0.2, 0) is 0 Å². The van der Waals surface area contributed by atoms with Crippen LogP contribution in [0, 0.1) is 0 Å². The van der Waals surface area contributed by atoms with E-state index in [9.17, 15) is 4.79 Å². The highest BCUT2D eigenvalue weighted by Gasteiger charge is 2.09. The zero-order valence-corrected chi connectivity index (χ0v) is 10.8. The lowest BCUT2D eigenvalue weighted by Crippen LogP contribution is -2.11. The van der Waals surface area contributed by atoms with Crippen LogP contribution in [0.5, 0.6) is 0 Å². The van der Waals surface area contributed by atoms with Crippen molar-refractivity contribution in [1.82, 2.24) is 4.98 Å². The SMILES string of the molecule is Nc1ccc(C(=O)Nc2nc3ccccc3s2)cc1. The Labute approximate surface area is 113 Å². The number of nitrogens with zero attached hydrogens (tertiary/aromatic N) is 1. The second-order valence-corrected chi connectivity index (χ2v) is 5.09. The second-order valence-electron chi connectivity index (χ2n) is 4.06. The van der Waals surface area contributed by atoms with E-state index >= 15 is 0 Å². The molecule has 0 saturated carbocycles. The third-order valence-corrected chi connectivity index (χ3v) is 3.64. The van der Waals surface area contributed by atoms with Gasteiger partial charge in [-0.05, 0) is 36.4 Å². The predicted octanol–water partition coefficient (Wildman–Crippen LogP) is 3.13. The number of para-hydroxylation sites is 1. The van der Waals surface area contributed by atoms with Crippen LogP contribution in [0.25, 0.3) is 10.2 Å². The number of nitrogen functional groups attached to an aromatic ring is 1. The fourth-order valence-electron chi connectivity index (χ4n) is 1.73. The van der Waals surface area contributed by atoms with Crippen LogP contribution in [-0.4, -0.2) is 10.9 Å². The highest BCUT2D eigenvalue weighted by molar-refractivity contribution is 7.22. The topological polar surface area (TPSA) is 68.0 Å². The Morgan fingerprint density at radius 1 is 1.11 bits per heavy atom. The maximum Gasteiger partial charge on any atom is 0.257 e. The monoisotopic (exact) mass is 269 g/mol. The van der Waals surface area contributed by atoms with Crippen molar-refractivity contribution in [2.24, 2.45) is 0 Å². The van der Waals surface area contributed by atoms with Gasteiger partial charge in [0.2, 0.25) is 0 Å². The standard InChI is InChI=1S/C14H11N3OS/c15-10-7-5-9(6-8-10)13(18)17-14-16-11-3-1-2-4-12(11)19-14/h1-8H,15H2,(H,16,17,18). The Morgan fingerprint density at radius 3 is 2.58 bits per heavy atom. The number of thiazole rings is 1. The van der Waals surface area contributed by atoms with Crippen LogP contribution in [0.15, 0.2) is 48.5 Å². The Bertz CT molecular complexity index is 701. The molecule has 0 atom stereocenters. The van der Waals surface area contributed by atoms with Gasteiger partial charge in [-0.1, -0.05) is 23.5 Å². The minimum atomic E-state index is -0.181. The first-order valence-electron chi connectivity index (χ1n) is 5.75. The molecular formula is C14H11N3OS. The number of carbonyl (C=O) groups is 1. The highest BCUT2D eigenvalue weighted by atomic mass is 32.1. The number of nitrogens with two attached hydrogens (primary N) is 1. The number of nitrogens with one attached hydrogen (secondary N) is 1. The Morgan fingerprint density at radius 2 is 1.84 bits per heavy atom. The zero-order chi connectivity index (χ0) is 13.2. The van der Waals surface area contributed by atoms with Crippen LogP contribution in [0.2, 0.25) is 0 Å². The molecule has 0 aliphatic rings. The van der Waals surface area contributed by atoms with Crippen LogP contribution in [0.1, 0.15) is 10.4 Å². The van der Waals surface area contributed by atoms with Crippen LogP contribution < -0.4 is 11.1 Å². The first-order chi connectivity index (χ1) is 9.22. The Kier molecular flexibility index (Phi) is 2.89. The van der Waals surface area contributed by atoms with E-state index in [1.54, 1.807) is 24.3 Å². The predicted molar refractivity (Wildman–Crippen MR) is 78.4 cm³/mol. The quantitative estimate of drug-likeness (QED) is 0.702. The summed E-state index contributed by atoms with van der Waals surface area (Å²) >= 11 is 1.46. The van der Waals surface area contributed by atoms with Crippen LogP contribution >= 0.6 is 11.3 Å². The maximum absolute atomic E-state index is 12.0.